The highest BCUT2D eigenvalue weighted by Crippen LogP contribution is 2.31. The maximum absolute atomic E-state index is 4.87. The summed E-state index contributed by atoms with van der Waals surface area (Å²) in [6.45, 7) is 21.4. The van der Waals surface area contributed by atoms with Gasteiger partial charge in [-0.1, -0.05) is 41.5 Å². The molecule has 1 rings (SSSR count). The fourth-order valence-electron chi connectivity index (χ4n) is 2.07. The van der Waals surface area contributed by atoms with Crippen LogP contribution >= 0.6 is 11.3 Å². The summed E-state index contributed by atoms with van der Waals surface area (Å²) in [4.78, 5) is 4.87. The number of aromatic nitrogens is 1. The molecule has 0 aromatic carbocycles. The Morgan fingerprint density at radius 2 is 1.62 bits per heavy atom. The van der Waals surface area contributed by atoms with Crippen molar-refractivity contribution < 1.29 is 0 Å². The van der Waals surface area contributed by atoms with Crippen LogP contribution in [0.1, 0.15) is 73.0 Å². The third-order valence-corrected chi connectivity index (χ3v) is 4.72. The van der Waals surface area contributed by atoms with Crippen molar-refractivity contribution in [3.63, 3.8) is 0 Å². The fourth-order valence-corrected chi connectivity index (χ4v) is 3.18. The Balaban J connectivity index is 2.80. The van der Waals surface area contributed by atoms with Gasteiger partial charge in [0.15, 0.2) is 0 Å². The van der Waals surface area contributed by atoms with Gasteiger partial charge in [-0.3, -0.25) is 0 Å². The number of rotatable bonds is 4. The second-order valence-corrected chi connectivity index (χ2v) is 10.2. The molecule has 0 aliphatic heterocycles. The second kappa shape index (κ2) is 6.37. The lowest BCUT2D eigenvalue weighted by atomic mass is 9.78. The predicted octanol–water partition coefficient (Wildman–Crippen LogP) is 5.03. The summed E-state index contributed by atoms with van der Waals surface area (Å²) in [6, 6.07) is 0. The van der Waals surface area contributed by atoms with Crippen LogP contribution in [0.15, 0.2) is 5.38 Å². The van der Waals surface area contributed by atoms with E-state index in [1.807, 2.05) is 11.3 Å². The Morgan fingerprint density at radius 1 is 1.05 bits per heavy atom. The van der Waals surface area contributed by atoms with E-state index in [0.29, 0.717) is 5.92 Å². The largest absolute Gasteiger partial charge is 0.312 e. The molecule has 2 nitrogen and oxygen atoms in total. The van der Waals surface area contributed by atoms with Crippen molar-refractivity contribution in [3.05, 3.63) is 16.1 Å². The average Bonchev–Trinajstić information content (AvgIpc) is 2.68. The van der Waals surface area contributed by atoms with Crippen LogP contribution in [-0.2, 0) is 11.8 Å². The minimum absolute atomic E-state index is 0.148. The number of nitrogens with zero attached hydrogens (tertiary/aromatic N) is 1. The molecule has 0 amide bonds. The monoisotopic (exact) mass is 310 g/mol. The SMILES string of the molecule is CC(C)(C)NCC(Cc1nc(C(C)(C)C)cs1)C(C)(C)C. The maximum atomic E-state index is 4.87. The van der Waals surface area contributed by atoms with Crippen molar-refractivity contribution in [1.82, 2.24) is 10.3 Å². The first-order valence-electron chi connectivity index (χ1n) is 7.99. The van der Waals surface area contributed by atoms with Crippen LogP contribution in [-0.4, -0.2) is 17.1 Å². The van der Waals surface area contributed by atoms with Gasteiger partial charge in [0.05, 0.1) is 10.7 Å². The van der Waals surface area contributed by atoms with Crippen molar-refractivity contribution in [1.29, 1.82) is 0 Å². The minimum Gasteiger partial charge on any atom is -0.312 e. The molecule has 122 valence electrons. The zero-order chi connectivity index (χ0) is 16.5. The molecule has 0 spiro atoms. The summed E-state index contributed by atoms with van der Waals surface area (Å²) in [5.74, 6) is 0.593. The zero-order valence-electron chi connectivity index (χ0n) is 15.4. The van der Waals surface area contributed by atoms with Gasteiger partial charge in [0, 0.05) is 22.8 Å². The highest BCUT2D eigenvalue weighted by Gasteiger charge is 2.28. The summed E-state index contributed by atoms with van der Waals surface area (Å²) in [5, 5.41) is 7.16. The molecule has 21 heavy (non-hydrogen) atoms. The molecule has 1 unspecified atom stereocenters. The van der Waals surface area contributed by atoms with Gasteiger partial charge in [-0.2, -0.15) is 0 Å². The lowest BCUT2D eigenvalue weighted by molar-refractivity contribution is 0.214. The highest BCUT2D eigenvalue weighted by molar-refractivity contribution is 7.09. The van der Waals surface area contributed by atoms with Crippen LogP contribution in [0, 0.1) is 11.3 Å². The van der Waals surface area contributed by atoms with Crippen molar-refractivity contribution in [2.75, 3.05) is 6.54 Å². The van der Waals surface area contributed by atoms with E-state index in [1.165, 1.54) is 10.7 Å². The van der Waals surface area contributed by atoms with Crippen LogP contribution < -0.4 is 5.32 Å². The maximum Gasteiger partial charge on any atom is 0.0931 e. The summed E-state index contributed by atoms with van der Waals surface area (Å²) >= 11 is 1.82. The van der Waals surface area contributed by atoms with Crippen molar-refractivity contribution in [3.8, 4) is 0 Å². The fraction of sp³-hybridized carbons (Fsp3) is 0.833. The van der Waals surface area contributed by atoms with E-state index in [0.717, 1.165) is 13.0 Å². The Morgan fingerprint density at radius 3 is 2.00 bits per heavy atom. The summed E-state index contributed by atoms with van der Waals surface area (Å²) < 4.78 is 0. The Bertz CT molecular complexity index is 441. The van der Waals surface area contributed by atoms with E-state index in [9.17, 15) is 0 Å². The molecule has 0 fully saturated rings. The van der Waals surface area contributed by atoms with E-state index in [2.05, 4.69) is 73.0 Å². The quantitative estimate of drug-likeness (QED) is 0.843. The van der Waals surface area contributed by atoms with E-state index in [-0.39, 0.29) is 16.4 Å². The van der Waals surface area contributed by atoms with Crippen molar-refractivity contribution >= 4 is 11.3 Å². The summed E-state index contributed by atoms with van der Waals surface area (Å²) in [7, 11) is 0. The minimum atomic E-state index is 0.148. The van der Waals surface area contributed by atoms with Crippen molar-refractivity contribution in [2.45, 2.75) is 79.7 Å². The molecule has 0 bridgehead atoms. The van der Waals surface area contributed by atoms with Crippen LogP contribution in [0.2, 0.25) is 0 Å². The van der Waals surface area contributed by atoms with Crippen LogP contribution in [0.5, 0.6) is 0 Å². The van der Waals surface area contributed by atoms with Gasteiger partial charge >= 0.3 is 0 Å². The third kappa shape index (κ3) is 6.48. The molecular formula is C18H34N2S. The molecule has 0 aliphatic carbocycles. The van der Waals surface area contributed by atoms with E-state index in [1.54, 1.807) is 0 Å². The molecular weight excluding hydrogens is 276 g/mol. The van der Waals surface area contributed by atoms with Gasteiger partial charge in [-0.25, -0.2) is 4.98 Å². The Kier molecular flexibility index (Phi) is 5.66. The Labute approximate surface area is 135 Å². The van der Waals surface area contributed by atoms with Crippen LogP contribution in [0.3, 0.4) is 0 Å². The molecule has 1 atom stereocenters. The van der Waals surface area contributed by atoms with Gasteiger partial charge in [-0.15, -0.1) is 11.3 Å². The first-order valence-corrected chi connectivity index (χ1v) is 8.87. The van der Waals surface area contributed by atoms with E-state index in [4.69, 9.17) is 4.98 Å². The highest BCUT2D eigenvalue weighted by atomic mass is 32.1. The zero-order valence-corrected chi connectivity index (χ0v) is 16.2. The van der Waals surface area contributed by atoms with Crippen LogP contribution in [0.4, 0.5) is 0 Å². The molecule has 0 aliphatic rings. The second-order valence-electron chi connectivity index (χ2n) is 9.27. The molecule has 0 radical (unpaired) electrons. The molecule has 0 saturated carbocycles. The third-order valence-electron chi connectivity index (χ3n) is 3.84. The topological polar surface area (TPSA) is 24.9 Å². The van der Waals surface area contributed by atoms with Crippen LogP contribution in [0.25, 0.3) is 0 Å². The standard InChI is InChI=1S/C18H34N2S/c1-16(2,3)13(11-19-18(7,8)9)10-15-20-14(12-21-15)17(4,5)6/h12-13,19H,10-11H2,1-9H3. The normalized spacial score (nSPS) is 15.3. The molecule has 1 aromatic heterocycles. The van der Waals surface area contributed by atoms with E-state index < -0.39 is 0 Å². The first kappa shape index (κ1) is 18.6. The lowest BCUT2D eigenvalue weighted by Crippen LogP contribution is -2.42. The van der Waals surface area contributed by atoms with Crippen molar-refractivity contribution in [2.24, 2.45) is 11.3 Å². The van der Waals surface area contributed by atoms with Gasteiger partial charge in [0.2, 0.25) is 0 Å². The molecule has 3 heteroatoms. The van der Waals surface area contributed by atoms with E-state index >= 15 is 0 Å². The first-order chi connectivity index (χ1) is 9.29. The van der Waals surface area contributed by atoms with Gasteiger partial charge in [0.25, 0.3) is 0 Å². The number of nitrogens with one attached hydrogen (secondary N) is 1. The number of thiazole rings is 1. The predicted molar refractivity (Wildman–Crippen MR) is 95.2 cm³/mol. The molecule has 1 heterocycles. The summed E-state index contributed by atoms with van der Waals surface area (Å²) in [5.41, 5.74) is 1.82. The van der Waals surface area contributed by atoms with Gasteiger partial charge in [-0.05, 0) is 38.6 Å². The molecule has 0 saturated heterocycles. The molecule has 1 aromatic rings. The number of hydrogen-bond acceptors (Lipinski definition) is 3. The lowest BCUT2D eigenvalue weighted by Gasteiger charge is -2.33. The van der Waals surface area contributed by atoms with Gasteiger partial charge in [0.1, 0.15) is 0 Å². The Hall–Kier alpha value is -0.410. The van der Waals surface area contributed by atoms with Gasteiger partial charge < -0.3 is 5.32 Å². The average molecular weight is 311 g/mol. The number of hydrogen-bond donors (Lipinski definition) is 1. The summed E-state index contributed by atoms with van der Waals surface area (Å²) in [6.07, 6.45) is 1.06. The molecule has 1 N–H and O–H groups in total. The smallest absolute Gasteiger partial charge is 0.0931 e.